The van der Waals surface area contributed by atoms with E-state index in [1.807, 2.05) is 0 Å². The molecule has 0 spiro atoms. The van der Waals surface area contributed by atoms with Crippen LogP contribution >= 0.6 is 12.6 Å². The SMILES string of the molecule is CCN(CC=CCS)C1CCCCC1. The van der Waals surface area contributed by atoms with Crippen LogP contribution in [0.15, 0.2) is 12.2 Å². The van der Waals surface area contributed by atoms with Crippen molar-refractivity contribution in [1.29, 1.82) is 0 Å². The molecule has 0 amide bonds. The summed E-state index contributed by atoms with van der Waals surface area (Å²) in [6.07, 6.45) is 11.5. The van der Waals surface area contributed by atoms with Crippen molar-refractivity contribution in [3.8, 4) is 0 Å². The molecule has 0 aromatic heterocycles. The molecule has 0 saturated heterocycles. The normalized spacial score (nSPS) is 19.6. The van der Waals surface area contributed by atoms with Crippen molar-refractivity contribution in [3.63, 3.8) is 0 Å². The molecule has 0 N–H and O–H groups in total. The van der Waals surface area contributed by atoms with Crippen molar-refractivity contribution >= 4 is 12.6 Å². The van der Waals surface area contributed by atoms with Gasteiger partial charge in [0.05, 0.1) is 0 Å². The van der Waals surface area contributed by atoms with E-state index in [4.69, 9.17) is 0 Å². The number of rotatable bonds is 5. The Kier molecular flexibility index (Phi) is 6.37. The summed E-state index contributed by atoms with van der Waals surface area (Å²) >= 11 is 4.17. The predicted octanol–water partition coefficient (Wildman–Crippen LogP) is 3.13. The Hall–Kier alpha value is 0.0500. The van der Waals surface area contributed by atoms with E-state index in [1.54, 1.807) is 0 Å². The van der Waals surface area contributed by atoms with Gasteiger partial charge in [0, 0.05) is 18.3 Å². The number of likely N-dealkylation sites (N-methyl/N-ethyl adjacent to an activating group) is 1. The lowest BCUT2D eigenvalue weighted by Gasteiger charge is -2.32. The highest BCUT2D eigenvalue weighted by atomic mass is 32.1. The zero-order valence-corrected chi connectivity index (χ0v) is 10.2. The Morgan fingerprint density at radius 2 is 1.93 bits per heavy atom. The van der Waals surface area contributed by atoms with Gasteiger partial charge >= 0.3 is 0 Å². The molecule has 0 heterocycles. The molecule has 0 bridgehead atoms. The van der Waals surface area contributed by atoms with Crippen molar-refractivity contribution in [2.75, 3.05) is 18.8 Å². The lowest BCUT2D eigenvalue weighted by molar-refractivity contribution is 0.180. The Bertz CT molecular complexity index is 162. The summed E-state index contributed by atoms with van der Waals surface area (Å²) < 4.78 is 0. The molecular formula is C12H23NS. The number of nitrogens with zero attached hydrogens (tertiary/aromatic N) is 1. The fourth-order valence-electron chi connectivity index (χ4n) is 2.27. The summed E-state index contributed by atoms with van der Waals surface area (Å²) in [6, 6.07) is 0.846. The highest BCUT2D eigenvalue weighted by Gasteiger charge is 2.18. The maximum absolute atomic E-state index is 4.17. The van der Waals surface area contributed by atoms with Gasteiger partial charge in [-0.25, -0.2) is 0 Å². The minimum absolute atomic E-state index is 0.846. The maximum Gasteiger partial charge on any atom is 0.0166 e. The minimum Gasteiger partial charge on any atom is -0.297 e. The molecule has 82 valence electrons. The molecule has 1 nitrogen and oxygen atoms in total. The van der Waals surface area contributed by atoms with Crippen molar-refractivity contribution < 1.29 is 0 Å². The zero-order chi connectivity index (χ0) is 10.2. The second-order valence-electron chi connectivity index (χ2n) is 4.03. The lowest BCUT2D eigenvalue weighted by Crippen LogP contribution is -2.36. The Labute approximate surface area is 94.0 Å². The van der Waals surface area contributed by atoms with Gasteiger partial charge in [0.15, 0.2) is 0 Å². The van der Waals surface area contributed by atoms with Gasteiger partial charge in [-0.15, -0.1) is 0 Å². The molecule has 1 saturated carbocycles. The molecule has 2 heteroatoms. The van der Waals surface area contributed by atoms with Gasteiger partial charge in [0.25, 0.3) is 0 Å². The first-order valence-corrected chi connectivity index (χ1v) is 6.51. The summed E-state index contributed by atoms with van der Waals surface area (Å²) in [6.45, 7) is 4.56. The highest BCUT2D eigenvalue weighted by molar-refractivity contribution is 7.80. The number of hydrogen-bond donors (Lipinski definition) is 1. The summed E-state index contributed by atoms with van der Waals surface area (Å²) in [4.78, 5) is 2.60. The van der Waals surface area contributed by atoms with Gasteiger partial charge < -0.3 is 0 Å². The quantitative estimate of drug-likeness (QED) is 0.542. The standard InChI is InChI=1S/C12H23NS/c1-2-13(10-6-7-11-14)12-8-4-3-5-9-12/h6-7,12,14H,2-5,8-11H2,1H3. The first kappa shape index (κ1) is 12.1. The maximum atomic E-state index is 4.17. The molecular weight excluding hydrogens is 190 g/mol. The number of hydrogen-bond acceptors (Lipinski definition) is 2. The Morgan fingerprint density at radius 1 is 1.21 bits per heavy atom. The van der Waals surface area contributed by atoms with Crippen LogP contribution in [-0.4, -0.2) is 29.8 Å². The van der Waals surface area contributed by atoms with Crippen LogP contribution in [0.2, 0.25) is 0 Å². The van der Waals surface area contributed by atoms with Crippen molar-refractivity contribution in [2.45, 2.75) is 45.1 Å². The fraction of sp³-hybridized carbons (Fsp3) is 0.833. The second kappa shape index (κ2) is 7.36. The topological polar surface area (TPSA) is 3.24 Å². The summed E-state index contributed by atoms with van der Waals surface area (Å²) in [5.41, 5.74) is 0. The third kappa shape index (κ3) is 4.05. The molecule has 1 aliphatic rings. The Balaban J connectivity index is 2.31. The second-order valence-corrected chi connectivity index (χ2v) is 4.40. The van der Waals surface area contributed by atoms with Gasteiger partial charge in [-0.3, -0.25) is 4.90 Å². The molecule has 0 atom stereocenters. The van der Waals surface area contributed by atoms with Crippen LogP contribution in [0.4, 0.5) is 0 Å². The fourth-order valence-corrected chi connectivity index (χ4v) is 2.42. The van der Waals surface area contributed by atoms with Crippen LogP contribution in [0, 0.1) is 0 Å². The predicted molar refractivity (Wildman–Crippen MR) is 67.1 cm³/mol. The monoisotopic (exact) mass is 213 g/mol. The van der Waals surface area contributed by atoms with E-state index in [9.17, 15) is 0 Å². The summed E-state index contributed by atoms with van der Waals surface area (Å²) in [5, 5.41) is 0. The van der Waals surface area contributed by atoms with E-state index >= 15 is 0 Å². The summed E-state index contributed by atoms with van der Waals surface area (Å²) in [7, 11) is 0. The molecule has 1 rings (SSSR count). The minimum atomic E-state index is 0.846. The van der Waals surface area contributed by atoms with Crippen LogP contribution in [0.25, 0.3) is 0 Å². The van der Waals surface area contributed by atoms with Gasteiger partial charge in [0.2, 0.25) is 0 Å². The third-order valence-electron chi connectivity index (χ3n) is 3.11. The van der Waals surface area contributed by atoms with Crippen molar-refractivity contribution in [3.05, 3.63) is 12.2 Å². The highest BCUT2D eigenvalue weighted by Crippen LogP contribution is 2.22. The molecule has 0 radical (unpaired) electrons. The molecule has 14 heavy (non-hydrogen) atoms. The van der Waals surface area contributed by atoms with Crippen LogP contribution in [0.3, 0.4) is 0 Å². The van der Waals surface area contributed by atoms with Crippen LogP contribution in [0.5, 0.6) is 0 Å². The molecule has 1 fully saturated rings. The first-order chi connectivity index (χ1) is 6.88. The van der Waals surface area contributed by atoms with E-state index in [-0.39, 0.29) is 0 Å². The van der Waals surface area contributed by atoms with E-state index in [1.165, 1.54) is 38.6 Å². The molecule has 1 aliphatic carbocycles. The molecule has 0 unspecified atom stereocenters. The largest absolute Gasteiger partial charge is 0.297 e. The van der Waals surface area contributed by atoms with Crippen molar-refractivity contribution in [1.82, 2.24) is 4.90 Å². The van der Waals surface area contributed by atoms with Crippen LogP contribution in [-0.2, 0) is 0 Å². The van der Waals surface area contributed by atoms with Crippen LogP contribution in [0.1, 0.15) is 39.0 Å². The molecule has 0 aromatic rings. The zero-order valence-electron chi connectivity index (χ0n) is 9.28. The third-order valence-corrected chi connectivity index (χ3v) is 3.32. The van der Waals surface area contributed by atoms with E-state index in [0.717, 1.165) is 18.3 Å². The average molecular weight is 213 g/mol. The van der Waals surface area contributed by atoms with E-state index < -0.39 is 0 Å². The van der Waals surface area contributed by atoms with Gasteiger partial charge in [-0.1, -0.05) is 38.3 Å². The summed E-state index contributed by atoms with van der Waals surface area (Å²) in [5.74, 6) is 0.863. The lowest BCUT2D eigenvalue weighted by atomic mass is 9.94. The molecule has 0 aliphatic heterocycles. The van der Waals surface area contributed by atoms with Gasteiger partial charge in [0.1, 0.15) is 0 Å². The molecule has 0 aromatic carbocycles. The number of thiol groups is 1. The van der Waals surface area contributed by atoms with E-state index in [2.05, 4.69) is 36.6 Å². The van der Waals surface area contributed by atoms with Gasteiger partial charge in [-0.05, 0) is 19.4 Å². The smallest absolute Gasteiger partial charge is 0.0166 e. The Morgan fingerprint density at radius 3 is 2.50 bits per heavy atom. The van der Waals surface area contributed by atoms with E-state index in [0.29, 0.717) is 0 Å². The average Bonchev–Trinajstić information content (AvgIpc) is 2.26. The first-order valence-electron chi connectivity index (χ1n) is 5.88. The van der Waals surface area contributed by atoms with Gasteiger partial charge in [-0.2, -0.15) is 12.6 Å². The van der Waals surface area contributed by atoms with Crippen LogP contribution < -0.4 is 0 Å². The van der Waals surface area contributed by atoms with Crippen molar-refractivity contribution in [2.24, 2.45) is 0 Å².